The fourth-order valence-corrected chi connectivity index (χ4v) is 8.82. The molecule has 0 aromatic heterocycles. The zero-order valence-corrected chi connectivity index (χ0v) is 32.5. The van der Waals surface area contributed by atoms with Gasteiger partial charge in [-0.1, -0.05) is 188 Å². The summed E-state index contributed by atoms with van der Waals surface area (Å²) in [6.07, 6.45) is 0. The highest BCUT2D eigenvalue weighted by atomic mass is 15.1. The van der Waals surface area contributed by atoms with Crippen LogP contribution >= 0.6 is 0 Å². The smallest absolute Gasteiger partial charge is 0.0467 e. The Hall–Kier alpha value is -7.74. The molecule has 11 rings (SSSR count). The van der Waals surface area contributed by atoms with Crippen molar-refractivity contribution in [2.45, 2.75) is 0 Å². The summed E-state index contributed by atoms with van der Waals surface area (Å²) in [5.41, 5.74) is 12.9. The molecule has 0 spiro atoms. The Morgan fingerprint density at radius 1 is 0.186 bits per heavy atom. The van der Waals surface area contributed by atoms with Crippen molar-refractivity contribution in [1.29, 1.82) is 0 Å². The summed E-state index contributed by atoms with van der Waals surface area (Å²) < 4.78 is 0. The van der Waals surface area contributed by atoms with E-state index in [1.54, 1.807) is 0 Å². The van der Waals surface area contributed by atoms with E-state index < -0.39 is 0 Å². The summed E-state index contributed by atoms with van der Waals surface area (Å²) in [6.45, 7) is 0. The van der Waals surface area contributed by atoms with Crippen molar-refractivity contribution in [2.75, 3.05) is 4.90 Å². The lowest BCUT2D eigenvalue weighted by atomic mass is 9.92. The Morgan fingerprint density at radius 3 is 1.19 bits per heavy atom. The zero-order chi connectivity index (χ0) is 39.1. The maximum atomic E-state index is 2.37. The average Bonchev–Trinajstić information content (AvgIpc) is 3.32. The van der Waals surface area contributed by atoms with Gasteiger partial charge in [-0.2, -0.15) is 0 Å². The van der Waals surface area contributed by atoms with Crippen molar-refractivity contribution in [3.8, 4) is 44.5 Å². The molecular formula is C58H39N. The molecule has 276 valence electrons. The summed E-state index contributed by atoms with van der Waals surface area (Å²) in [4.78, 5) is 2.37. The molecule has 0 atom stereocenters. The quantitative estimate of drug-likeness (QED) is 0.147. The second-order valence-corrected chi connectivity index (χ2v) is 15.3. The summed E-state index contributed by atoms with van der Waals surface area (Å²) in [5, 5.41) is 10.2. The van der Waals surface area contributed by atoms with Gasteiger partial charge in [-0.3, -0.25) is 0 Å². The first-order valence-corrected chi connectivity index (χ1v) is 20.3. The minimum Gasteiger partial charge on any atom is -0.310 e. The predicted octanol–water partition coefficient (Wildman–Crippen LogP) is 16.4. The largest absolute Gasteiger partial charge is 0.310 e. The minimum absolute atomic E-state index is 1.10. The molecular weight excluding hydrogens is 711 g/mol. The van der Waals surface area contributed by atoms with Crippen LogP contribution in [0.25, 0.3) is 87.6 Å². The van der Waals surface area contributed by atoms with Gasteiger partial charge in [0.05, 0.1) is 0 Å². The number of anilines is 3. The molecule has 0 radical (unpaired) electrons. The molecule has 59 heavy (non-hydrogen) atoms. The van der Waals surface area contributed by atoms with E-state index >= 15 is 0 Å². The Balaban J connectivity index is 0.982. The van der Waals surface area contributed by atoms with Crippen LogP contribution in [-0.2, 0) is 0 Å². The molecule has 0 amide bonds. The topological polar surface area (TPSA) is 3.24 Å². The van der Waals surface area contributed by atoms with Crippen molar-refractivity contribution < 1.29 is 0 Å². The molecule has 0 aliphatic carbocycles. The first-order chi connectivity index (χ1) is 29.2. The van der Waals surface area contributed by atoms with Crippen molar-refractivity contribution in [2.24, 2.45) is 0 Å². The Labute approximate surface area is 344 Å². The number of fused-ring (bicyclic) bond motifs is 7. The van der Waals surface area contributed by atoms with Gasteiger partial charge in [0.25, 0.3) is 0 Å². The molecule has 0 N–H and O–H groups in total. The number of nitrogens with zero attached hydrogens (tertiary/aromatic N) is 1. The van der Waals surface area contributed by atoms with Gasteiger partial charge in [0.2, 0.25) is 0 Å². The molecule has 0 saturated carbocycles. The van der Waals surface area contributed by atoms with Crippen LogP contribution in [0.5, 0.6) is 0 Å². The second kappa shape index (κ2) is 14.6. The molecule has 0 unspecified atom stereocenters. The lowest BCUT2D eigenvalue weighted by molar-refractivity contribution is 1.28. The van der Waals surface area contributed by atoms with Crippen LogP contribution in [0.3, 0.4) is 0 Å². The SMILES string of the molecule is c1ccc(-c2ccc(-c3ccc(N(c4ccc(-c5ccc6c7ccccc7c7ccccc7c6c5)cc4)c4cccc(-c5ccc6ccccc6c5)c4)cc3)cc2)cc1. The van der Waals surface area contributed by atoms with Crippen LogP contribution in [0.15, 0.2) is 237 Å². The number of hydrogen-bond acceptors (Lipinski definition) is 1. The molecule has 0 fully saturated rings. The maximum Gasteiger partial charge on any atom is 0.0467 e. The summed E-state index contributed by atoms with van der Waals surface area (Å²) in [5.74, 6) is 0. The molecule has 1 heteroatoms. The van der Waals surface area contributed by atoms with Gasteiger partial charge in [0, 0.05) is 17.1 Å². The summed E-state index contributed by atoms with van der Waals surface area (Å²) in [6, 6.07) is 86.2. The minimum atomic E-state index is 1.10. The lowest BCUT2D eigenvalue weighted by Gasteiger charge is -2.26. The monoisotopic (exact) mass is 749 g/mol. The highest BCUT2D eigenvalue weighted by Crippen LogP contribution is 2.41. The van der Waals surface area contributed by atoms with Crippen molar-refractivity contribution in [3.63, 3.8) is 0 Å². The Bertz CT molecular complexity index is 3250. The number of benzene rings is 11. The van der Waals surface area contributed by atoms with Crippen molar-refractivity contribution in [3.05, 3.63) is 237 Å². The van der Waals surface area contributed by atoms with Gasteiger partial charge in [-0.05, 0) is 136 Å². The highest BCUT2D eigenvalue weighted by Gasteiger charge is 2.16. The van der Waals surface area contributed by atoms with Crippen molar-refractivity contribution in [1.82, 2.24) is 0 Å². The molecule has 1 nitrogen and oxygen atoms in total. The van der Waals surface area contributed by atoms with Gasteiger partial charge in [-0.25, -0.2) is 0 Å². The summed E-state index contributed by atoms with van der Waals surface area (Å²) >= 11 is 0. The molecule has 0 bridgehead atoms. The molecule has 0 aliphatic heterocycles. The third-order valence-electron chi connectivity index (χ3n) is 11.8. The van der Waals surface area contributed by atoms with E-state index in [9.17, 15) is 0 Å². The standard InChI is InChI=1S/C58H39N/c1-2-11-40(12-3-1)42-21-23-43(24-22-42)44-27-32-50(33-28-44)59(52-16-10-15-47(38-52)48-26-25-41-13-4-5-14-46(41)37-48)51-34-29-45(30-35-51)49-31-36-57-55-19-7-6-17-53(55)54-18-8-9-20-56(54)58(57)39-49/h1-39H. The highest BCUT2D eigenvalue weighted by molar-refractivity contribution is 6.25. The van der Waals surface area contributed by atoms with Crippen LogP contribution in [-0.4, -0.2) is 0 Å². The molecule has 0 saturated heterocycles. The van der Waals surface area contributed by atoms with E-state index in [0.717, 1.165) is 17.1 Å². The molecule has 11 aromatic rings. The fourth-order valence-electron chi connectivity index (χ4n) is 8.82. The van der Waals surface area contributed by atoms with E-state index in [1.165, 1.54) is 87.6 Å². The van der Waals surface area contributed by atoms with Crippen molar-refractivity contribution >= 4 is 60.2 Å². The van der Waals surface area contributed by atoms with Crippen LogP contribution < -0.4 is 4.90 Å². The van der Waals surface area contributed by atoms with Crippen LogP contribution in [0.1, 0.15) is 0 Å². The first kappa shape index (κ1) is 34.5. The third-order valence-corrected chi connectivity index (χ3v) is 11.8. The number of rotatable bonds is 7. The van der Waals surface area contributed by atoms with Gasteiger partial charge < -0.3 is 4.90 Å². The molecule has 0 aliphatic rings. The van der Waals surface area contributed by atoms with Crippen LogP contribution in [0.4, 0.5) is 17.1 Å². The lowest BCUT2D eigenvalue weighted by Crippen LogP contribution is -2.10. The van der Waals surface area contributed by atoms with Gasteiger partial charge in [0.1, 0.15) is 0 Å². The van der Waals surface area contributed by atoms with E-state index in [1.807, 2.05) is 0 Å². The van der Waals surface area contributed by atoms with E-state index in [-0.39, 0.29) is 0 Å². The average molecular weight is 750 g/mol. The predicted molar refractivity (Wildman–Crippen MR) is 253 cm³/mol. The molecule has 0 heterocycles. The first-order valence-electron chi connectivity index (χ1n) is 20.3. The van der Waals surface area contributed by atoms with Gasteiger partial charge in [-0.15, -0.1) is 0 Å². The van der Waals surface area contributed by atoms with E-state index in [4.69, 9.17) is 0 Å². The van der Waals surface area contributed by atoms with E-state index in [2.05, 4.69) is 241 Å². The Kier molecular flexibility index (Phi) is 8.56. The van der Waals surface area contributed by atoms with Gasteiger partial charge >= 0.3 is 0 Å². The Morgan fingerprint density at radius 2 is 0.576 bits per heavy atom. The number of hydrogen-bond donors (Lipinski definition) is 0. The normalized spacial score (nSPS) is 11.4. The second-order valence-electron chi connectivity index (χ2n) is 15.3. The van der Waals surface area contributed by atoms with Crippen LogP contribution in [0.2, 0.25) is 0 Å². The van der Waals surface area contributed by atoms with E-state index in [0.29, 0.717) is 0 Å². The van der Waals surface area contributed by atoms with Crippen LogP contribution in [0, 0.1) is 0 Å². The third kappa shape index (κ3) is 6.40. The van der Waals surface area contributed by atoms with Gasteiger partial charge in [0.15, 0.2) is 0 Å². The molecule has 11 aromatic carbocycles. The zero-order valence-electron chi connectivity index (χ0n) is 32.5. The fraction of sp³-hybridized carbons (Fsp3) is 0. The maximum absolute atomic E-state index is 2.37. The summed E-state index contributed by atoms with van der Waals surface area (Å²) in [7, 11) is 0.